The second-order valence-corrected chi connectivity index (χ2v) is 10.2. The summed E-state index contributed by atoms with van der Waals surface area (Å²) in [7, 11) is 0. The van der Waals surface area contributed by atoms with Crippen molar-refractivity contribution < 1.29 is 29.3 Å². The lowest BCUT2D eigenvalue weighted by Crippen LogP contribution is -2.42. The molecule has 14 heteroatoms. The first kappa shape index (κ1) is 28.6. The van der Waals surface area contributed by atoms with Crippen molar-refractivity contribution in [3.63, 3.8) is 0 Å². The number of aliphatic hydroxyl groups is 2. The van der Waals surface area contributed by atoms with Crippen LogP contribution in [0, 0.1) is 17.8 Å². The van der Waals surface area contributed by atoms with Crippen molar-refractivity contribution in [2.45, 2.75) is 50.7 Å². The average Bonchev–Trinajstić information content (AvgIpc) is 3.51. The van der Waals surface area contributed by atoms with Crippen LogP contribution in [0.5, 0.6) is 5.75 Å². The summed E-state index contributed by atoms with van der Waals surface area (Å²) >= 11 is 6.08. The summed E-state index contributed by atoms with van der Waals surface area (Å²) in [5, 5.41) is 23.9. The Kier molecular flexibility index (Phi) is 8.55. The van der Waals surface area contributed by atoms with Gasteiger partial charge in [-0.05, 0) is 43.7 Å². The van der Waals surface area contributed by atoms with Crippen LogP contribution in [-0.2, 0) is 9.53 Å². The molecular weight excluding hydrogens is 554 g/mol. The second-order valence-electron chi connectivity index (χ2n) is 9.81. The molecule has 1 aromatic carbocycles. The number of nitrogen functional groups attached to an aromatic ring is 1. The van der Waals surface area contributed by atoms with Gasteiger partial charge in [-0.2, -0.15) is 0 Å². The number of likely N-dealkylation sites (N-methyl/N-ethyl adjacent to an activating group) is 1. The quantitative estimate of drug-likeness (QED) is 0.321. The van der Waals surface area contributed by atoms with Gasteiger partial charge in [-0.1, -0.05) is 29.7 Å². The summed E-state index contributed by atoms with van der Waals surface area (Å²) in [6.45, 7) is 3.16. The van der Waals surface area contributed by atoms with Gasteiger partial charge in [0.1, 0.15) is 17.7 Å². The van der Waals surface area contributed by atoms with Gasteiger partial charge in [0.05, 0.1) is 11.3 Å². The van der Waals surface area contributed by atoms with Crippen molar-refractivity contribution in [2.75, 3.05) is 25.4 Å². The van der Waals surface area contributed by atoms with E-state index in [0.717, 1.165) is 12.8 Å². The second kappa shape index (κ2) is 12.3. The van der Waals surface area contributed by atoms with Gasteiger partial charge in [-0.15, -0.1) is 0 Å². The molecule has 3 aromatic rings. The number of hydrogen-bond donors (Lipinski definition) is 4. The molecule has 0 radical (unpaired) electrons. The summed E-state index contributed by atoms with van der Waals surface area (Å²) in [5.41, 5.74) is 6.63. The van der Waals surface area contributed by atoms with E-state index < -0.39 is 36.5 Å². The molecule has 0 bridgehead atoms. The van der Waals surface area contributed by atoms with Crippen LogP contribution in [0.1, 0.15) is 38.2 Å². The minimum atomic E-state index is -1.44. The number of imidazole rings is 1. The number of nitrogens with two attached hydrogens (primary N) is 1. The van der Waals surface area contributed by atoms with Crippen LogP contribution in [0.3, 0.4) is 0 Å². The molecule has 41 heavy (non-hydrogen) atoms. The number of fused-ring (bicyclic) bond motifs is 1. The molecular formula is C27H30ClN7O6. The Bertz CT molecular complexity index is 1500. The molecule has 0 aliphatic carbocycles. The molecule has 2 unspecified atom stereocenters. The Balaban J connectivity index is 1.22. The topological polar surface area (TPSA) is 178 Å². The molecule has 0 spiro atoms. The monoisotopic (exact) mass is 583 g/mol. The third-order valence-electron chi connectivity index (χ3n) is 7.07. The third kappa shape index (κ3) is 6.06. The van der Waals surface area contributed by atoms with E-state index in [1.807, 2.05) is 0 Å². The number of amides is 2. The van der Waals surface area contributed by atoms with Crippen molar-refractivity contribution >= 4 is 40.6 Å². The molecule has 2 aliphatic rings. The van der Waals surface area contributed by atoms with Crippen molar-refractivity contribution in [3.05, 3.63) is 41.4 Å². The van der Waals surface area contributed by atoms with Crippen LogP contribution < -0.4 is 15.8 Å². The van der Waals surface area contributed by atoms with Crippen molar-refractivity contribution in [1.82, 2.24) is 29.7 Å². The predicted molar refractivity (Wildman–Crippen MR) is 148 cm³/mol. The van der Waals surface area contributed by atoms with Gasteiger partial charge < -0.3 is 35.6 Å². The van der Waals surface area contributed by atoms with E-state index in [4.69, 9.17) is 26.8 Å². The lowest BCUT2D eigenvalue weighted by atomic mass is 9.94. The largest absolute Gasteiger partial charge is 0.415 e. The highest BCUT2D eigenvalue weighted by molar-refractivity contribution is 6.32. The molecule has 216 valence electrons. The van der Waals surface area contributed by atoms with Crippen LogP contribution in [-0.4, -0.2) is 84.6 Å². The molecule has 2 amide bonds. The highest BCUT2D eigenvalue weighted by atomic mass is 35.5. The lowest BCUT2D eigenvalue weighted by Gasteiger charge is -2.30. The summed E-state index contributed by atoms with van der Waals surface area (Å²) in [6.07, 6.45) is -2.21. The molecule has 2 aliphatic heterocycles. The van der Waals surface area contributed by atoms with Crippen LogP contribution in [0.25, 0.3) is 11.2 Å². The summed E-state index contributed by atoms with van der Waals surface area (Å²) in [6, 6.07) is 6.83. The number of rotatable bonds is 5. The zero-order valence-corrected chi connectivity index (χ0v) is 23.0. The molecule has 4 atom stereocenters. The van der Waals surface area contributed by atoms with Gasteiger partial charge >= 0.3 is 6.09 Å². The number of aromatic nitrogens is 4. The van der Waals surface area contributed by atoms with E-state index >= 15 is 0 Å². The molecule has 2 fully saturated rings. The first-order chi connectivity index (χ1) is 19.8. The summed E-state index contributed by atoms with van der Waals surface area (Å²) < 4.78 is 12.5. The Morgan fingerprint density at radius 3 is 2.71 bits per heavy atom. The molecule has 2 saturated heterocycles. The van der Waals surface area contributed by atoms with Crippen LogP contribution in [0.4, 0.5) is 10.6 Å². The van der Waals surface area contributed by atoms with Crippen LogP contribution >= 0.6 is 11.6 Å². The zero-order valence-electron chi connectivity index (χ0n) is 22.2. The van der Waals surface area contributed by atoms with Crippen molar-refractivity contribution in [1.29, 1.82) is 0 Å². The Morgan fingerprint density at radius 2 is 1.98 bits per heavy atom. The Hall–Kier alpha value is -3.96. The number of carbonyl (C=O) groups excluding carboxylic acids is 2. The normalized spacial score (nSPS) is 22.8. The number of halogens is 1. The predicted octanol–water partition coefficient (Wildman–Crippen LogP) is 1.47. The number of nitrogens with zero attached hydrogens (tertiary/aromatic N) is 5. The number of benzene rings is 1. The van der Waals surface area contributed by atoms with E-state index in [1.165, 1.54) is 10.9 Å². The highest BCUT2D eigenvalue weighted by Gasteiger charge is 2.47. The number of para-hydroxylation sites is 1. The first-order valence-electron chi connectivity index (χ1n) is 13.3. The maximum absolute atomic E-state index is 12.5. The minimum absolute atomic E-state index is 0.0942. The Morgan fingerprint density at radius 1 is 1.22 bits per heavy atom. The summed E-state index contributed by atoms with van der Waals surface area (Å²) in [5.74, 6) is 6.36. The maximum Gasteiger partial charge on any atom is 0.415 e. The number of anilines is 1. The van der Waals surface area contributed by atoms with Gasteiger partial charge in [-0.25, -0.2) is 19.7 Å². The minimum Gasteiger partial charge on any atom is -0.409 e. The van der Waals surface area contributed by atoms with Crippen LogP contribution in [0.2, 0.25) is 5.02 Å². The van der Waals surface area contributed by atoms with Crippen molar-refractivity contribution in [2.24, 2.45) is 5.92 Å². The SMILES string of the molecule is CCNC(=O)[C@H]1O[C@@H](n2cnc3c(N)nc(C#CCC4CCN(C(=O)Oc5ccccc5Cl)CC4)nc32)C(O)C1O. The van der Waals surface area contributed by atoms with Gasteiger partial charge in [-0.3, -0.25) is 9.36 Å². The molecule has 2 aromatic heterocycles. The van der Waals surface area contributed by atoms with Gasteiger partial charge in [0, 0.05) is 26.1 Å². The molecule has 0 saturated carbocycles. The van der Waals surface area contributed by atoms with Gasteiger partial charge in [0.2, 0.25) is 5.82 Å². The molecule has 13 nitrogen and oxygen atoms in total. The number of piperidine rings is 1. The number of likely N-dealkylation sites (tertiary alicyclic amines) is 1. The van der Waals surface area contributed by atoms with Gasteiger partial charge in [0.15, 0.2) is 29.5 Å². The number of hydrogen-bond acceptors (Lipinski definition) is 10. The number of nitrogens with one attached hydrogen (secondary N) is 1. The van der Waals surface area contributed by atoms with E-state index in [1.54, 1.807) is 36.1 Å². The highest BCUT2D eigenvalue weighted by Crippen LogP contribution is 2.32. The molecule has 5 N–H and O–H groups in total. The smallest absolute Gasteiger partial charge is 0.409 e. The number of carbonyl (C=O) groups is 2. The molecule has 4 heterocycles. The van der Waals surface area contributed by atoms with E-state index in [-0.39, 0.29) is 28.7 Å². The fourth-order valence-corrected chi connectivity index (χ4v) is 5.02. The average molecular weight is 584 g/mol. The third-order valence-corrected chi connectivity index (χ3v) is 7.38. The maximum atomic E-state index is 12.5. The Labute approximate surface area is 240 Å². The van der Waals surface area contributed by atoms with Crippen molar-refractivity contribution in [3.8, 4) is 17.6 Å². The standard InChI is InChI=1S/C27H30ClN7O6/c1-2-30-25(38)22-20(36)21(37)26(41-22)35-14-31-19-23(29)32-18(33-24(19)35)9-5-6-15-10-12-34(13-11-15)27(39)40-17-8-4-3-7-16(17)28/h3-4,7-8,14-15,20-22,26,36-37H,2,6,10-13H2,1H3,(H,30,38)(H2,29,32,33)/t20?,21?,22-,26+/m0/s1. The zero-order chi connectivity index (χ0) is 29.1. The lowest BCUT2D eigenvalue weighted by molar-refractivity contribution is -0.137. The van der Waals surface area contributed by atoms with E-state index in [0.29, 0.717) is 36.8 Å². The fourth-order valence-electron chi connectivity index (χ4n) is 4.84. The summed E-state index contributed by atoms with van der Waals surface area (Å²) in [4.78, 5) is 39.3. The van der Waals surface area contributed by atoms with Gasteiger partial charge in [0.25, 0.3) is 5.91 Å². The van der Waals surface area contributed by atoms with E-state index in [9.17, 15) is 19.8 Å². The number of ether oxygens (including phenoxy) is 2. The fraction of sp³-hybridized carbons (Fsp3) is 0.444. The van der Waals surface area contributed by atoms with E-state index in [2.05, 4.69) is 32.1 Å². The molecule has 5 rings (SSSR count). The first-order valence-corrected chi connectivity index (χ1v) is 13.6. The number of aliphatic hydroxyl groups excluding tert-OH is 2. The van der Waals surface area contributed by atoms with Crippen LogP contribution in [0.15, 0.2) is 30.6 Å².